The van der Waals surface area contributed by atoms with Crippen LogP contribution in [0, 0.1) is 17.0 Å². The number of pyridine rings is 1. The highest BCUT2D eigenvalue weighted by atomic mass is 35.5. The zero-order chi connectivity index (χ0) is 12.4. The maximum atomic E-state index is 10.3. The highest BCUT2D eigenvalue weighted by Crippen LogP contribution is 2.22. The Morgan fingerprint density at radius 2 is 2.18 bits per heavy atom. The Labute approximate surface area is 103 Å². The van der Waals surface area contributed by atoms with Crippen LogP contribution in [0.25, 0.3) is 17.0 Å². The minimum Gasteiger partial charge on any atom is -0.259 e. The van der Waals surface area contributed by atoms with E-state index in [1.54, 1.807) is 6.07 Å². The number of hydrogen-bond acceptors (Lipinski definition) is 3. The van der Waals surface area contributed by atoms with Crippen molar-refractivity contribution < 1.29 is 4.92 Å². The highest BCUT2D eigenvalue weighted by Gasteiger charge is 2.03. The minimum absolute atomic E-state index is 0.263. The van der Waals surface area contributed by atoms with Crippen LogP contribution in [0.15, 0.2) is 30.5 Å². The lowest BCUT2D eigenvalue weighted by molar-refractivity contribution is -0.400. The number of aromatic nitrogens is 1. The van der Waals surface area contributed by atoms with Crippen molar-refractivity contribution in [1.29, 1.82) is 0 Å². The molecule has 0 aliphatic carbocycles. The van der Waals surface area contributed by atoms with Gasteiger partial charge in [-0.1, -0.05) is 23.2 Å². The molecule has 0 bridgehead atoms. The standard InChI is InChI=1S/C12H9ClN2O2/c1-8-2-3-11-10(6-8)7-9(12(13)14-11)4-5-15(16)17/h2-7H,1H3. The van der Waals surface area contributed by atoms with Crippen molar-refractivity contribution >= 4 is 28.6 Å². The summed E-state index contributed by atoms with van der Waals surface area (Å²) >= 11 is 5.94. The summed E-state index contributed by atoms with van der Waals surface area (Å²) in [5.41, 5.74) is 2.42. The molecule has 17 heavy (non-hydrogen) atoms. The van der Waals surface area contributed by atoms with Crippen LogP contribution >= 0.6 is 11.6 Å². The van der Waals surface area contributed by atoms with E-state index in [2.05, 4.69) is 4.98 Å². The van der Waals surface area contributed by atoms with Crippen LogP contribution in [0.3, 0.4) is 0 Å². The molecular weight excluding hydrogens is 240 g/mol. The van der Waals surface area contributed by atoms with Gasteiger partial charge < -0.3 is 0 Å². The highest BCUT2D eigenvalue weighted by molar-refractivity contribution is 6.31. The van der Waals surface area contributed by atoms with Crippen LogP contribution in [-0.2, 0) is 0 Å². The third kappa shape index (κ3) is 2.60. The van der Waals surface area contributed by atoms with Gasteiger partial charge in [-0.05, 0) is 25.1 Å². The lowest BCUT2D eigenvalue weighted by Gasteiger charge is -2.02. The molecule has 86 valence electrons. The van der Waals surface area contributed by atoms with Crippen molar-refractivity contribution in [3.05, 3.63) is 56.9 Å². The fourth-order valence-electron chi connectivity index (χ4n) is 1.55. The molecule has 0 saturated carbocycles. The Balaban J connectivity index is 2.57. The monoisotopic (exact) mass is 248 g/mol. The lowest BCUT2D eigenvalue weighted by atomic mass is 10.1. The molecule has 0 atom stereocenters. The van der Waals surface area contributed by atoms with Crippen molar-refractivity contribution in [2.45, 2.75) is 6.92 Å². The molecule has 0 saturated heterocycles. The molecule has 1 heterocycles. The molecule has 0 fully saturated rings. The first-order chi connectivity index (χ1) is 8.06. The van der Waals surface area contributed by atoms with E-state index < -0.39 is 4.92 Å². The second-order valence-electron chi connectivity index (χ2n) is 3.67. The number of nitrogens with zero attached hydrogens (tertiary/aromatic N) is 2. The van der Waals surface area contributed by atoms with Gasteiger partial charge in [0.25, 0.3) is 0 Å². The lowest BCUT2D eigenvalue weighted by Crippen LogP contribution is -1.87. The molecule has 0 aliphatic rings. The van der Waals surface area contributed by atoms with E-state index in [1.807, 2.05) is 25.1 Å². The van der Waals surface area contributed by atoms with E-state index in [4.69, 9.17) is 11.6 Å². The average Bonchev–Trinajstić information content (AvgIpc) is 2.26. The molecule has 2 rings (SSSR count). The van der Waals surface area contributed by atoms with E-state index in [-0.39, 0.29) is 5.15 Å². The molecule has 0 aliphatic heterocycles. The largest absolute Gasteiger partial charge is 0.259 e. The summed E-state index contributed by atoms with van der Waals surface area (Å²) in [6, 6.07) is 7.57. The molecule has 0 spiro atoms. The van der Waals surface area contributed by atoms with Crippen molar-refractivity contribution in [3.8, 4) is 0 Å². The quantitative estimate of drug-likeness (QED) is 0.465. The van der Waals surface area contributed by atoms with E-state index in [9.17, 15) is 10.1 Å². The zero-order valence-corrected chi connectivity index (χ0v) is 9.81. The SMILES string of the molecule is Cc1ccc2nc(Cl)c(C=C[N+](=O)[O-])cc2c1. The van der Waals surface area contributed by atoms with Gasteiger partial charge in [-0.25, -0.2) is 4.98 Å². The van der Waals surface area contributed by atoms with Crippen LogP contribution in [0.2, 0.25) is 5.15 Å². The molecule has 5 heteroatoms. The van der Waals surface area contributed by atoms with Crippen LogP contribution in [-0.4, -0.2) is 9.91 Å². The van der Waals surface area contributed by atoms with Gasteiger partial charge in [-0.3, -0.25) is 10.1 Å². The predicted octanol–water partition coefficient (Wildman–Crippen LogP) is 3.44. The molecular formula is C12H9ClN2O2. The van der Waals surface area contributed by atoms with E-state index in [0.29, 0.717) is 5.56 Å². The topological polar surface area (TPSA) is 56.0 Å². The summed E-state index contributed by atoms with van der Waals surface area (Å²) in [5.74, 6) is 0. The van der Waals surface area contributed by atoms with Crippen molar-refractivity contribution in [3.63, 3.8) is 0 Å². The molecule has 1 aromatic heterocycles. The Hall–Kier alpha value is -1.94. The molecule has 4 nitrogen and oxygen atoms in total. The van der Waals surface area contributed by atoms with Crippen molar-refractivity contribution in [2.24, 2.45) is 0 Å². The number of hydrogen-bond donors (Lipinski definition) is 0. The van der Waals surface area contributed by atoms with Gasteiger partial charge in [0.15, 0.2) is 0 Å². The van der Waals surface area contributed by atoms with Crippen LogP contribution in [0.1, 0.15) is 11.1 Å². The number of fused-ring (bicyclic) bond motifs is 1. The van der Waals surface area contributed by atoms with Gasteiger partial charge in [0.2, 0.25) is 6.20 Å². The minimum atomic E-state index is -0.531. The molecule has 0 amide bonds. The summed E-state index contributed by atoms with van der Waals surface area (Å²) < 4.78 is 0. The first-order valence-electron chi connectivity index (χ1n) is 4.95. The van der Waals surface area contributed by atoms with Gasteiger partial charge >= 0.3 is 0 Å². The Morgan fingerprint density at radius 1 is 1.41 bits per heavy atom. The molecule has 0 N–H and O–H groups in total. The third-order valence-corrected chi connectivity index (χ3v) is 2.63. The number of halogens is 1. The van der Waals surface area contributed by atoms with Crippen LogP contribution in [0.4, 0.5) is 0 Å². The van der Waals surface area contributed by atoms with Crippen molar-refractivity contribution in [2.75, 3.05) is 0 Å². The zero-order valence-electron chi connectivity index (χ0n) is 9.05. The first-order valence-corrected chi connectivity index (χ1v) is 5.32. The van der Waals surface area contributed by atoms with Gasteiger partial charge in [-0.2, -0.15) is 0 Å². The second-order valence-corrected chi connectivity index (χ2v) is 4.02. The number of rotatable bonds is 2. The number of nitro groups is 1. The fourth-order valence-corrected chi connectivity index (χ4v) is 1.76. The Kier molecular flexibility index (Phi) is 3.06. The summed E-state index contributed by atoms with van der Waals surface area (Å²) in [7, 11) is 0. The van der Waals surface area contributed by atoms with E-state index in [1.165, 1.54) is 6.08 Å². The summed E-state index contributed by atoms with van der Waals surface area (Å²) in [4.78, 5) is 13.9. The van der Waals surface area contributed by atoms with Gasteiger partial charge in [0, 0.05) is 17.0 Å². The smallest absolute Gasteiger partial charge is 0.235 e. The van der Waals surface area contributed by atoms with Crippen molar-refractivity contribution in [1.82, 2.24) is 4.98 Å². The molecule has 1 aromatic carbocycles. The summed E-state index contributed by atoms with van der Waals surface area (Å²) in [5, 5.41) is 11.4. The summed E-state index contributed by atoms with van der Waals surface area (Å²) in [6.45, 7) is 1.97. The maximum absolute atomic E-state index is 10.3. The number of benzene rings is 1. The number of aryl methyl sites for hydroxylation is 1. The van der Waals surface area contributed by atoms with Crippen LogP contribution < -0.4 is 0 Å². The van der Waals surface area contributed by atoms with Crippen LogP contribution in [0.5, 0.6) is 0 Å². The normalized spacial score (nSPS) is 11.2. The second kappa shape index (κ2) is 4.51. The van der Waals surface area contributed by atoms with E-state index >= 15 is 0 Å². The molecule has 2 aromatic rings. The predicted molar refractivity (Wildman–Crippen MR) is 67.5 cm³/mol. The molecule has 0 unspecified atom stereocenters. The Morgan fingerprint density at radius 3 is 2.88 bits per heavy atom. The summed E-state index contributed by atoms with van der Waals surface area (Å²) in [6.07, 6.45) is 2.20. The maximum Gasteiger partial charge on any atom is 0.235 e. The van der Waals surface area contributed by atoms with E-state index in [0.717, 1.165) is 22.7 Å². The van der Waals surface area contributed by atoms with Gasteiger partial charge in [0.05, 0.1) is 10.4 Å². The average molecular weight is 249 g/mol. The third-order valence-electron chi connectivity index (χ3n) is 2.33. The molecule has 0 radical (unpaired) electrons. The first kappa shape index (κ1) is 11.5. The Bertz CT molecular complexity index is 623. The fraction of sp³-hybridized carbons (Fsp3) is 0.0833. The van der Waals surface area contributed by atoms with Gasteiger partial charge in [-0.15, -0.1) is 0 Å². The van der Waals surface area contributed by atoms with Gasteiger partial charge in [0.1, 0.15) is 5.15 Å².